The summed E-state index contributed by atoms with van der Waals surface area (Å²) in [5.41, 5.74) is 2.59. The smallest absolute Gasteiger partial charge is 0.411 e. The minimum Gasteiger partial charge on any atom is -0.465 e. The summed E-state index contributed by atoms with van der Waals surface area (Å²) in [5, 5.41) is 15.2. The Labute approximate surface area is 171 Å². The van der Waals surface area contributed by atoms with Crippen molar-refractivity contribution in [2.75, 3.05) is 31.5 Å². The van der Waals surface area contributed by atoms with Gasteiger partial charge in [-0.05, 0) is 24.3 Å². The van der Waals surface area contributed by atoms with E-state index in [9.17, 15) is 14.4 Å². The highest BCUT2D eigenvalue weighted by molar-refractivity contribution is 5.95. The van der Waals surface area contributed by atoms with E-state index in [0.29, 0.717) is 43.1 Å². The standard InChI is InChI=1S/C20H20N6O4/c1-13(27)24-9-11-25(12-10-24)18(28)15-7-5-14(6-8-15)16-3-2-4-17-21-19(22-20(29)30)23-26(16)17/h2-8H,9-12H2,1H3,(H,22,23)(H,29,30). The van der Waals surface area contributed by atoms with Gasteiger partial charge >= 0.3 is 6.09 Å². The van der Waals surface area contributed by atoms with Crippen LogP contribution < -0.4 is 5.32 Å². The summed E-state index contributed by atoms with van der Waals surface area (Å²) in [6.45, 7) is 3.64. The Morgan fingerprint density at radius 1 is 0.967 bits per heavy atom. The maximum Gasteiger partial charge on any atom is 0.411 e. The van der Waals surface area contributed by atoms with Gasteiger partial charge in [-0.1, -0.05) is 18.2 Å². The first-order valence-corrected chi connectivity index (χ1v) is 9.43. The topological polar surface area (TPSA) is 120 Å². The first-order valence-electron chi connectivity index (χ1n) is 9.43. The Kier molecular flexibility index (Phi) is 5.05. The van der Waals surface area contributed by atoms with Crippen LogP contribution in [0.25, 0.3) is 16.9 Å². The van der Waals surface area contributed by atoms with Gasteiger partial charge in [-0.25, -0.2) is 9.31 Å². The molecule has 0 spiro atoms. The molecular weight excluding hydrogens is 388 g/mol. The van der Waals surface area contributed by atoms with Gasteiger partial charge in [-0.2, -0.15) is 4.98 Å². The van der Waals surface area contributed by atoms with E-state index in [-0.39, 0.29) is 17.8 Å². The molecule has 2 N–H and O–H groups in total. The van der Waals surface area contributed by atoms with Crippen molar-refractivity contribution >= 4 is 29.5 Å². The zero-order valence-corrected chi connectivity index (χ0v) is 16.3. The number of benzene rings is 1. The maximum absolute atomic E-state index is 12.8. The van der Waals surface area contributed by atoms with Crippen LogP contribution in [0.3, 0.4) is 0 Å². The molecule has 2 aromatic heterocycles. The highest BCUT2D eigenvalue weighted by Crippen LogP contribution is 2.22. The molecule has 3 heterocycles. The van der Waals surface area contributed by atoms with Crippen molar-refractivity contribution in [2.24, 2.45) is 0 Å². The number of fused-ring (bicyclic) bond motifs is 1. The highest BCUT2D eigenvalue weighted by atomic mass is 16.4. The van der Waals surface area contributed by atoms with E-state index in [2.05, 4.69) is 15.4 Å². The van der Waals surface area contributed by atoms with Gasteiger partial charge in [-0.3, -0.25) is 14.9 Å². The first kappa shape index (κ1) is 19.4. The number of nitrogens with zero attached hydrogens (tertiary/aromatic N) is 5. The number of carbonyl (C=O) groups excluding carboxylic acids is 2. The number of rotatable bonds is 3. The molecule has 0 saturated carbocycles. The Morgan fingerprint density at radius 2 is 1.63 bits per heavy atom. The predicted molar refractivity (Wildman–Crippen MR) is 108 cm³/mol. The summed E-state index contributed by atoms with van der Waals surface area (Å²) in [7, 11) is 0. The number of hydrogen-bond acceptors (Lipinski definition) is 5. The fourth-order valence-corrected chi connectivity index (χ4v) is 3.46. The minimum atomic E-state index is -1.24. The Morgan fingerprint density at radius 3 is 2.27 bits per heavy atom. The molecule has 0 aliphatic carbocycles. The molecule has 0 bridgehead atoms. The summed E-state index contributed by atoms with van der Waals surface area (Å²) in [6.07, 6.45) is -1.24. The van der Waals surface area contributed by atoms with E-state index in [1.54, 1.807) is 38.6 Å². The molecule has 30 heavy (non-hydrogen) atoms. The normalized spacial score (nSPS) is 14.0. The maximum atomic E-state index is 12.8. The van der Waals surface area contributed by atoms with E-state index in [4.69, 9.17) is 5.11 Å². The molecule has 10 nitrogen and oxygen atoms in total. The number of carbonyl (C=O) groups is 3. The van der Waals surface area contributed by atoms with E-state index in [0.717, 1.165) is 5.56 Å². The summed E-state index contributed by atoms with van der Waals surface area (Å²) in [4.78, 5) is 42.7. The molecule has 1 aliphatic heterocycles. The molecule has 1 saturated heterocycles. The Bertz CT molecular complexity index is 1120. The van der Waals surface area contributed by atoms with Crippen molar-refractivity contribution < 1.29 is 19.5 Å². The van der Waals surface area contributed by atoms with Crippen molar-refractivity contribution in [3.05, 3.63) is 48.0 Å². The van der Waals surface area contributed by atoms with Crippen LogP contribution in [0.5, 0.6) is 0 Å². The van der Waals surface area contributed by atoms with E-state index >= 15 is 0 Å². The van der Waals surface area contributed by atoms with E-state index in [1.165, 1.54) is 6.92 Å². The summed E-state index contributed by atoms with van der Waals surface area (Å²) in [6, 6.07) is 12.5. The number of aromatic nitrogens is 3. The highest BCUT2D eigenvalue weighted by Gasteiger charge is 2.23. The summed E-state index contributed by atoms with van der Waals surface area (Å²) >= 11 is 0. The lowest BCUT2D eigenvalue weighted by molar-refractivity contribution is -0.130. The summed E-state index contributed by atoms with van der Waals surface area (Å²) in [5.74, 6) is -0.0569. The third kappa shape index (κ3) is 3.79. The first-order chi connectivity index (χ1) is 14.4. The molecule has 1 fully saturated rings. The van der Waals surface area contributed by atoms with Gasteiger partial charge < -0.3 is 14.9 Å². The molecule has 10 heteroatoms. The van der Waals surface area contributed by atoms with Gasteiger partial charge in [0.1, 0.15) is 0 Å². The van der Waals surface area contributed by atoms with Crippen LogP contribution in [0.15, 0.2) is 42.5 Å². The van der Waals surface area contributed by atoms with Gasteiger partial charge in [0.05, 0.1) is 5.69 Å². The zero-order chi connectivity index (χ0) is 21.3. The SMILES string of the molecule is CC(=O)N1CCN(C(=O)c2ccc(-c3cccc4nc(NC(=O)O)nn34)cc2)CC1. The third-order valence-electron chi connectivity index (χ3n) is 5.02. The van der Waals surface area contributed by atoms with Gasteiger partial charge in [0.25, 0.3) is 11.9 Å². The number of amides is 3. The van der Waals surface area contributed by atoms with Crippen molar-refractivity contribution in [3.8, 4) is 11.3 Å². The number of carboxylic acid groups (broad SMARTS) is 1. The number of hydrogen-bond donors (Lipinski definition) is 2. The number of piperazine rings is 1. The fourth-order valence-electron chi connectivity index (χ4n) is 3.46. The molecule has 154 valence electrons. The van der Waals surface area contributed by atoms with Crippen molar-refractivity contribution in [3.63, 3.8) is 0 Å². The second-order valence-electron chi connectivity index (χ2n) is 6.92. The van der Waals surface area contributed by atoms with Crippen molar-refractivity contribution in [1.29, 1.82) is 0 Å². The quantitative estimate of drug-likeness (QED) is 0.682. The average molecular weight is 408 g/mol. The molecule has 0 atom stereocenters. The van der Waals surface area contributed by atoms with Crippen molar-refractivity contribution in [2.45, 2.75) is 6.92 Å². The molecule has 0 radical (unpaired) electrons. The number of anilines is 1. The van der Waals surface area contributed by atoms with Gasteiger partial charge in [0.2, 0.25) is 5.91 Å². The minimum absolute atomic E-state index is 0.00792. The van der Waals surface area contributed by atoms with Crippen LogP contribution in [0, 0.1) is 0 Å². The zero-order valence-electron chi connectivity index (χ0n) is 16.3. The number of nitrogens with one attached hydrogen (secondary N) is 1. The van der Waals surface area contributed by atoms with Gasteiger partial charge in [-0.15, -0.1) is 5.10 Å². The molecule has 1 aromatic carbocycles. The van der Waals surface area contributed by atoms with Crippen LogP contribution >= 0.6 is 0 Å². The van der Waals surface area contributed by atoms with E-state index in [1.807, 2.05) is 18.2 Å². The van der Waals surface area contributed by atoms with Crippen LogP contribution in [-0.2, 0) is 4.79 Å². The van der Waals surface area contributed by atoms with Crippen LogP contribution in [0.4, 0.5) is 10.7 Å². The van der Waals surface area contributed by atoms with Gasteiger partial charge in [0.15, 0.2) is 5.65 Å². The van der Waals surface area contributed by atoms with E-state index < -0.39 is 6.09 Å². The lowest BCUT2D eigenvalue weighted by atomic mass is 10.1. The lowest BCUT2D eigenvalue weighted by Gasteiger charge is -2.34. The molecule has 3 amide bonds. The average Bonchev–Trinajstić information content (AvgIpc) is 3.15. The molecule has 0 unspecified atom stereocenters. The van der Waals surface area contributed by atoms with Crippen LogP contribution in [-0.4, -0.2) is 73.6 Å². The molecule has 4 rings (SSSR count). The Balaban J connectivity index is 1.54. The van der Waals surface area contributed by atoms with Crippen LogP contribution in [0.1, 0.15) is 17.3 Å². The largest absolute Gasteiger partial charge is 0.465 e. The van der Waals surface area contributed by atoms with Crippen molar-refractivity contribution in [1.82, 2.24) is 24.4 Å². The third-order valence-corrected chi connectivity index (χ3v) is 5.02. The fraction of sp³-hybridized carbons (Fsp3) is 0.250. The molecular formula is C20H20N6O4. The second-order valence-corrected chi connectivity index (χ2v) is 6.92. The van der Waals surface area contributed by atoms with Crippen LogP contribution in [0.2, 0.25) is 0 Å². The molecule has 3 aromatic rings. The predicted octanol–water partition coefficient (Wildman–Crippen LogP) is 1.79. The second kappa shape index (κ2) is 7.82. The lowest BCUT2D eigenvalue weighted by Crippen LogP contribution is -2.50. The Hall–Kier alpha value is -3.95. The van der Waals surface area contributed by atoms with Gasteiger partial charge in [0, 0.05) is 44.2 Å². The summed E-state index contributed by atoms with van der Waals surface area (Å²) < 4.78 is 1.54. The monoisotopic (exact) mass is 408 g/mol. The number of pyridine rings is 1. The molecule has 1 aliphatic rings.